The minimum Gasteiger partial charge on any atom is -0.508 e. The van der Waals surface area contributed by atoms with Gasteiger partial charge in [0, 0.05) is 23.5 Å². The van der Waals surface area contributed by atoms with Gasteiger partial charge in [-0.2, -0.15) is 0 Å². The molecule has 116 valence electrons. The summed E-state index contributed by atoms with van der Waals surface area (Å²) in [6.45, 7) is 1.98. The standard InChI is InChI=1S/C19H18N2O2/c1-2-18(13-4-7-17(22)8-5-13)19(23)21-16-6-3-15-12-20-10-9-14(15)11-16/h3-12,18,22H,2H2,1H3,(H,21,23). The van der Waals surface area contributed by atoms with Crippen LogP contribution in [0.3, 0.4) is 0 Å². The van der Waals surface area contributed by atoms with Gasteiger partial charge in [0.1, 0.15) is 5.75 Å². The highest BCUT2D eigenvalue weighted by atomic mass is 16.3. The van der Waals surface area contributed by atoms with Crippen LogP contribution in [0.1, 0.15) is 24.8 Å². The lowest BCUT2D eigenvalue weighted by atomic mass is 9.95. The molecule has 23 heavy (non-hydrogen) atoms. The van der Waals surface area contributed by atoms with Gasteiger partial charge < -0.3 is 10.4 Å². The molecule has 0 aliphatic rings. The van der Waals surface area contributed by atoms with Gasteiger partial charge in [-0.1, -0.05) is 25.1 Å². The SMILES string of the molecule is CCC(C(=O)Nc1ccc2cnccc2c1)c1ccc(O)cc1. The van der Waals surface area contributed by atoms with Crippen LogP contribution in [-0.2, 0) is 4.79 Å². The number of carbonyl (C=O) groups excluding carboxylic acids is 1. The molecule has 1 unspecified atom stereocenters. The van der Waals surface area contributed by atoms with Gasteiger partial charge in [0.25, 0.3) is 0 Å². The van der Waals surface area contributed by atoms with Crippen LogP contribution in [0.5, 0.6) is 5.75 Å². The largest absolute Gasteiger partial charge is 0.508 e. The average molecular weight is 306 g/mol. The van der Waals surface area contributed by atoms with Gasteiger partial charge in [-0.15, -0.1) is 0 Å². The van der Waals surface area contributed by atoms with Gasteiger partial charge in [-0.05, 0) is 47.7 Å². The average Bonchev–Trinajstić information content (AvgIpc) is 2.57. The Morgan fingerprint density at radius 1 is 1.13 bits per heavy atom. The zero-order chi connectivity index (χ0) is 16.2. The van der Waals surface area contributed by atoms with Crippen LogP contribution in [0.15, 0.2) is 60.9 Å². The maximum absolute atomic E-state index is 12.6. The normalized spacial score (nSPS) is 12.0. The van der Waals surface area contributed by atoms with E-state index < -0.39 is 0 Å². The van der Waals surface area contributed by atoms with Crippen LogP contribution in [0.25, 0.3) is 10.8 Å². The Kier molecular flexibility index (Phi) is 4.24. The number of amides is 1. The zero-order valence-corrected chi connectivity index (χ0v) is 12.9. The van der Waals surface area contributed by atoms with E-state index >= 15 is 0 Å². The molecule has 1 amide bonds. The molecule has 3 aromatic rings. The molecule has 0 aliphatic carbocycles. The second-order valence-electron chi connectivity index (χ2n) is 5.48. The molecule has 0 bridgehead atoms. The molecule has 0 radical (unpaired) electrons. The van der Waals surface area contributed by atoms with E-state index in [0.29, 0.717) is 6.42 Å². The zero-order valence-electron chi connectivity index (χ0n) is 12.9. The van der Waals surface area contributed by atoms with E-state index in [2.05, 4.69) is 10.3 Å². The molecular formula is C19H18N2O2. The summed E-state index contributed by atoms with van der Waals surface area (Å²) in [7, 11) is 0. The van der Waals surface area contributed by atoms with Crippen molar-refractivity contribution in [3.8, 4) is 5.75 Å². The number of benzene rings is 2. The minimum absolute atomic E-state index is 0.0494. The van der Waals surface area contributed by atoms with E-state index in [-0.39, 0.29) is 17.6 Å². The molecule has 0 spiro atoms. The van der Waals surface area contributed by atoms with Gasteiger partial charge >= 0.3 is 0 Å². The van der Waals surface area contributed by atoms with Crippen molar-refractivity contribution < 1.29 is 9.90 Å². The molecule has 2 aromatic carbocycles. The third-order valence-corrected chi connectivity index (χ3v) is 3.93. The molecule has 1 atom stereocenters. The number of pyridine rings is 1. The van der Waals surface area contributed by atoms with Gasteiger partial charge in [-0.25, -0.2) is 0 Å². The monoisotopic (exact) mass is 306 g/mol. The molecule has 0 saturated carbocycles. The van der Waals surface area contributed by atoms with E-state index in [1.165, 1.54) is 0 Å². The first-order valence-electron chi connectivity index (χ1n) is 7.61. The molecule has 0 aliphatic heterocycles. The van der Waals surface area contributed by atoms with Crippen LogP contribution in [0.4, 0.5) is 5.69 Å². The van der Waals surface area contributed by atoms with Crippen molar-refractivity contribution in [1.82, 2.24) is 4.98 Å². The van der Waals surface area contributed by atoms with Crippen LogP contribution in [0, 0.1) is 0 Å². The van der Waals surface area contributed by atoms with Crippen LogP contribution in [-0.4, -0.2) is 16.0 Å². The van der Waals surface area contributed by atoms with Crippen LogP contribution in [0.2, 0.25) is 0 Å². The van der Waals surface area contributed by atoms with Gasteiger partial charge in [0.2, 0.25) is 5.91 Å². The van der Waals surface area contributed by atoms with Crippen molar-refractivity contribution in [2.75, 3.05) is 5.32 Å². The molecular weight excluding hydrogens is 288 g/mol. The first-order chi connectivity index (χ1) is 11.2. The number of anilines is 1. The van der Waals surface area contributed by atoms with E-state index in [4.69, 9.17) is 0 Å². The second kappa shape index (κ2) is 6.48. The number of fused-ring (bicyclic) bond motifs is 1. The Balaban J connectivity index is 1.81. The molecule has 1 aromatic heterocycles. The van der Waals surface area contributed by atoms with Crippen molar-refractivity contribution in [2.45, 2.75) is 19.3 Å². The highest BCUT2D eigenvalue weighted by molar-refractivity contribution is 5.97. The topological polar surface area (TPSA) is 62.2 Å². The van der Waals surface area contributed by atoms with Gasteiger partial charge in [-0.3, -0.25) is 9.78 Å². The van der Waals surface area contributed by atoms with Crippen molar-refractivity contribution in [1.29, 1.82) is 0 Å². The lowest BCUT2D eigenvalue weighted by Gasteiger charge is -2.16. The van der Waals surface area contributed by atoms with Gasteiger partial charge in [0.05, 0.1) is 5.92 Å². The number of nitrogens with zero attached hydrogens (tertiary/aromatic N) is 1. The predicted molar refractivity (Wildman–Crippen MR) is 91.5 cm³/mol. The third kappa shape index (κ3) is 3.31. The highest BCUT2D eigenvalue weighted by Gasteiger charge is 2.18. The lowest BCUT2D eigenvalue weighted by Crippen LogP contribution is -2.20. The van der Waals surface area contributed by atoms with Crippen molar-refractivity contribution in [2.24, 2.45) is 0 Å². The third-order valence-electron chi connectivity index (χ3n) is 3.93. The van der Waals surface area contributed by atoms with E-state index in [9.17, 15) is 9.90 Å². The van der Waals surface area contributed by atoms with E-state index in [1.54, 1.807) is 36.7 Å². The van der Waals surface area contributed by atoms with Gasteiger partial charge in [0.15, 0.2) is 0 Å². The summed E-state index contributed by atoms with van der Waals surface area (Å²) < 4.78 is 0. The molecule has 1 heterocycles. The predicted octanol–water partition coefficient (Wildman–Crippen LogP) is 4.07. The quantitative estimate of drug-likeness (QED) is 0.763. The number of phenolic OH excluding ortho intramolecular Hbond substituents is 1. The van der Waals surface area contributed by atoms with Crippen LogP contribution < -0.4 is 5.32 Å². The number of hydrogen-bond donors (Lipinski definition) is 2. The molecule has 4 heteroatoms. The number of phenols is 1. The van der Waals surface area contributed by atoms with Crippen molar-refractivity contribution >= 4 is 22.4 Å². The number of aromatic nitrogens is 1. The summed E-state index contributed by atoms with van der Waals surface area (Å²) in [5.74, 6) is -0.0949. The number of rotatable bonds is 4. The van der Waals surface area contributed by atoms with Crippen molar-refractivity contribution in [3.63, 3.8) is 0 Å². The Hall–Kier alpha value is -2.88. The smallest absolute Gasteiger partial charge is 0.231 e. The molecule has 0 fully saturated rings. The first-order valence-corrected chi connectivity index (χ1v) is 7.61. The van der Waals surface area contributed by atoms with E-state index in [0.717, 1.165) is 22.0 Å². The minimum atomic E-state index is -0.247. The maximum Gasteiger partial charge on any atom is 0.231 e. The van der Waals surface area contributed by atoms with Crippen molar-refractivity contribution in [3.05, 3.63) is 66.5 Å². The fourth-order valence-corrected chi connectivity index (χ4v) is 2.67. The molecule has 3 rings (SSSR count). The summed E-state index contributed by atoms with van der Waals surface area (Å²) >= 11 is 0. The summed E-state index contributed by atoms with van der Waals surface area (Å²) in [6, 6.07) is 14.5. The molecule has 2 N–H and O–H groups in total. The summed E-state index contributed by atoms with van der Waals surface area (Å²) in [5, 5.41) is 14.4. The fourth-order valence-electron chi connectivity index (χ4n) is 2.67. The molecule has 4 nitrogen and oxygen atoms in total. The van der Waals surface area contributed by atoms with Crippen LogP contribution >= 0.6 is 0 Å². The number of nitrogens with one attached hydrogen (secondary N) is 1. The summed E-state index contributed by atoms with van der Waals surface area (Å²) in [6.07, 6.45) is 4.22. The number of carbonyl (C=O) groups is 1. The Labute approximate surface area is 134 Å². The number of hydrogen-bond acceptors (Lipinski definition) is 3. The fraction of sp³-hybridized carbons (Fsp3) is 0.158. The Morgan fingerprint density at radius 2 is 1.91 bits per heavy atom. The Bertz CT molecular complexity index is 828. The van der Waals surface area contributed by atoms with E-state index in [1.807, 2.05) is 31.2 Å². The lowest BCUT2D eigenvalue weighted by molar-refractivity contribution is -0.117. The molecule has 0 saturated heterocycles. The first kappa shape index (κ1) is 15.0. The maximum atomic E-state index is 12.6. The number of aromatic hydroxyl groups is 1. The Morgan fingerprint density at radius 3 is 2.65 bits per heavy atom. The summed E-state index contributed by atoms with van der Waals surface area (Å²) in [5.41, 5.74) is 1.67. The summed E-state index contributed by atoms with van der Waals surface area (Å²) in [4.78, 5) is 16.7. The highest BCUT2D eigenvalue weighted by Crippen LogP contribution is 2.25. The second-order valence-corrected chi connectivity index (χ2v) is 5.48.